The molecule has 0 saturated carbocycles. The van der Waals surface area contributed by atoms with Gasteiger partial charge in [-0.05, 0) is 36.5 Å². The molecule has 2 rings (SSSR count). The zero-order valence-corrected chi connectivity index (χ0v) is 13.3. The Morgan fingerprint density at radius 1 is 1.05 bits per heavy atom. The molecule has 0 N–H and O–H groups in total. The van der Waals surface area contributed by atoms with E-state index in [9.17, 15) is 0 Å². The molecule has 2 nitrogen and oxygen atoms in total. The van der Waals surface area contributed by atoms with Gasteiger partial charge >= 0.3 is 0 Å². The lowest BCUT2D eigenvalue weighted by Gasteiger charge is -2.09. The molecule has 0 saturated heterocycles. The molecule has 0 aliphatic rings. The molecule has 1 aromatic heterocycles. The monoisotopic (exact) mass is 303 g/mol. The molecule has 0 atom stereocenters. The summed E-state index contributed by atoms with van der Waals surface area (Å²) >= 11 is 5.93. The largest absolute Gasteiger partial charge is 0.478 e. The van der Waals surface area contributed by atoms with E-state index < -0.39 is 0 Å². The second-order valence-corrected chi connectivity index (χ2v) is 5.39. The number of alkyl halides is 1. The van der Waals surface area contributed by atoms with Gasteiger partial charge in [-0.2, -0.15) is 0 Å². The first-order chi connectivity index (χ1) is 10.3. The zero-order valence-electron chi connectivity index (χ0n) is 12.5. The molecule has 0 bridgehead atoms. The van der Waals surface area contributed by atoms with Crippen molar-refractivity contribution in [2.75, 3.05) is 6.61 Å². The van der Waals surface area contributed by atoms with E-state index in [2.05, 4.69) is 42.2 Å². The van der Waals surface area contributed by atoms with Crippen molar-refractivity contribution in [1.29, 1.82) is 0 Å². The van der Waals surface area contributed by atoms with Crippen LogP contribution in [0.3, 0.4) is 0 Å². The molecule has 1 heterocycles. The molecule has 2 aromatic rings. The van der Waals surface area contributed by atoms with Gasteiger partial charge in [0.05, 0.1) is 6.61 Å². The van der Waals surface area contributed by atoms with Crippen LogP contribution in [0.5, 0.6) is 5.88 Å². The maximum absolute atomic E-state index is 5.93. The molecule has 0 aliphatic carbocycles. The number of benzene rings is 1. The molecular formula is C18H22ClNO. The van der Waals surface area contributed by atoms with Crippen molar-refractivity contribution < 1.29 is 4.74 Å². The number of pyridine rings is 1. The van der Waals surface area contributed by atoms with Crippen LogP contribution in [-0.4, -0.2) is 11.6 Å². The van der Waals surface area contributed by atoms with Crippen LogP contribution >= 0.6 is 11.6 Å². The quantitative estimate of drug-likeness (QED) is 0.517. The first-order valence-electron chi connectivity index (χ1n) is 7.54. The smallest absolute Gasteiger partial charge is 0.213 e. The third kappa shape index (κ3) is 5.39. The van der Waals surface area contributed by atoms with Gasteiger partial charge < -0.3 is 4.74 Å². The van der Waals surface area contributed by atoms with Crippen molar-refractivity contribution >= 4 is 11.6 Å². The van der Waals surface area contributed by atoms with E-state index in [1.807, 2.05) is 12.1 Å². The van der Waals surface area contributed by atoms with Gasteiger partial charge in [-0.25, -0.2) is 4.98 Å². The molecule has 0 spiro atoms. The van der Waals surface area contributed by atoms with Crippen LogP contribution in [0.15, 0.2) is 42.5 Å². The molecule has 112 valence electrons. The van der Waals surface area contributed by atoms with Crippen LogP contribution in [0.4, 0.5) is 0 Å². The highest BCUT2D eigenvalue weighted by Gasteiger charge is 2.03. The van der Waals surface area contributed by atoms with Crippen LogP contribution in [-0.2, 0) is 18.7 Å². The summed E-state index contributed by atoms with van der Waals surface area (Å²) in [4.78, 5) is 4.53. The van der Waals surface area contributed by atoms with E-state index in [0.29, 0.717) is 18.4 Å². The van der Waals surface area contributed by atoms with E-state index >= 15 is 0 Å². The van der Waals surface area contributed by atoms with Crippen LogP contribution < -0.4 is 4.74 Å². The number of rotatable bonds is 8. The van der Waals surface area contributed by atoms with Gasteiger partial charge in [-0.3, -0.25) is 0 Å². The van der Waals surface area contributed by atoms with Crippen LogP contribution in [0, 0.1) is 0 Å². The lowest BCUT2D eigenvalue weighted by molar-refractivity contribution is 0.298. The Hall–Kier alpha value is -1.54. The third-order valence-electron chi connectivity index (χ3n) is 3.28. The Labute approximate surface area is 132 Å². The van der Waals surface area contributed by atoms with Gasteiger partial charge in [-0.15, -0.1) is 11.6 Å². The number of aryl methyl sites for hydroxylation is 2. The highest BCUT2D eigenvalue weighted by Crippen LogP contribution is 2.16. The first-order valence-corrected chi connectivity index (χ1v) is 8.07. The van der Waals surface area contributed by atoms with Crippen LogP contribution in [0.2, 0.25) is 0 Å². The van der Waals surface area contributed by atoms with Crippen molar-refractivity contribution in [2.24, 2.45) is 0 Å². The number of hydrogen-bond acceptors (Lipinski definition) is 2. The van der Waals surface area contributed by atoms with Crippen molar-refractivity contribution in [3.8, 4) is 5.88 Å². The number of nitrogens with zero attached hydrogens (tertiary/aromatic N) is 1. The van der Waals surface area contributed by atoms with Crippen molar-refractivity contribution in [3.63, 3.8) is 0 Å². The minimum absolute atomic E-state index is 0.500. The molecule has 0 unspecified atom stereocenters. The standard InChI is InChI=1S/C18H22ClNO/c1-2-7-17-12-16(14-19)13-18(20-17)21-11-6-10-15-8-4-3-5-9-15/h3-5,8-9,12-13H,2,6-7,10-11,14H2,1H3. The first kappa shape index (κ1) is 15.8. The summed E-state index contributed by atoms with van der Waals surface area (Å²) in [7, 11) is 0. The van der Waals surface area contributed by atoms with E-state index in [1.165, 1.54) is 5.56 Å². The lowest BCUT2D eigenvalue weighted by atomic mass is 10.1. The summed E-state index contributed by atoms with van der Waals surface area (Å²) in [6.07, 6.45) is 4.05. The van der Waals surface area contributed by atoms with Gasteiger partial charge in [0.15, 0.2) is 0 Å². The molecule has 3 heteroatoms. The van der Waals surface area contributed by atoms with Gasteiger partial charge in [-0.1, -0.05) is 43.7 Å². The number of aromatic nitrogens is 1. The number of hydrogen-bond donors (Lipinski definition) is 0. The van der Waals surface area contributed by atoms with E-state index in [4.69, 9.17) is 16.3 Å². The molecule has 21 heavy (non-hydrogen) atoms. The van der Waals surface area contributed by atoms with Gasteiger partial charge in [0.25, 0.3) is 0 Å². The second-order valence-electron chi connectivity index (χ2n) is 5.13. The summed E-state index contributed by atoms with van der Waals surface area (Å²) in [5.74, 6) is 1.20. The van der Waals surface area contributed by atoms with Crippen LogP contribution in [0.25, 0.3) is 0 Å². The highest BCUT2D eigenvalue weighted by molar-refractivity contribution is 6.17. The summed E-state index contributed by atoms with van der Waals surface area (Å²) in [6.45, 7) is 2.83. The minimum Gasteiger partial charge on any atom is -0.478 e. The maximum atomic E-state index is 5.93. The fourth-order valence-corrected chi connectivity index (χ4v) is 2.41. The second kappa shape index (κ2) is 8.68. The summed E-state index contributed by atoms with van der Waals surface area (Å²) in [5.41, 5.74) is 3.48. The lowest BCUT2D eigenvalue weighted by Crippen LogP contribution is -2.03. The summed E-state index contributed by atoms with van der Waals surface area (Å²) in [6, 6.07) is 14.5. The Kier molecular flexibility index (Phi) is 6.55. The fraction of sp³-hybridized carbons (Fsp3) is 0.389. The maximum Gasteiger partial charge on any atom is 0.213 e. The topological polar surface area (TPSA) is 22.1 Å². The van der Waals surface area contributed by atoms with Gasteiger partial charge in [0.1, 0.15) is 0 Å². The normalized spacial score (nSPS) is 10.6. The highest BCUT2D eigenvalue weighted by atomic mass is 35.5. The van der Waals surface area contributed by atoms with E-state index in [0.717, 1.165) is 36.9 Å². The average molecular weight is 304 g/mol. The molecule has 1 aromatic carbocycles. The van der Waals surface area contributed by atoms with Crippen molar-refractivity contribution in [2.45, 2.75) is 38.5 Å². The number of ether oxygens (including phenoxy) is 1. The summed E-state index contributed by atoms with van der Waals surface area (Å²) < 4.78 is 5.79. The minimum atomic E-state index is 0.500. The van der Waals surface area contributed by atoms with Crippen molar-refractivity contribution in [1.82, 2.24) is 4.98 Å². The van der Waals surface area contributed by atoms with Gasteiger partial charge in [0.2, 0.25) is 5.88 Å². The Balaban J connectivity index is 1.86. The Morgan fingerprint density at radius 3 is 2.57 bits per heavy atom. The molecule has 0 amide bonds. The Bertz CT molecular complexity index is 542. The number of halogens is 1. The molecule has 0 radical (unpaired) electrons. The predicted molar refractivity (Wildman–Crippen MR) is 88.0 cm³/mol. The molecule has 0 aliphatic heterocycles. The molecule has 0 fully saturated rings. The van der Waals surface area contributed by atoms with Crippen molar-refractivity contribution in [3.05, 3.63) is 59.3 Å². The Morgan fingerprint density at radius 2 is 1.86 bits per heavy atom. The SMILES string of the molecule is CCCc1cc(CCl)cc(OCCCc2ccccc2)n1. The van der Waals surface area contributed by atoms with E-state index in [1.54, 1.807) is 0 Å². The predicted octanol–water partition coefficient (Wildman–Crippen LogP) is 4.78. The summed E-state index contributed by atoms with van der Waals surface area (Å²) in [5, 5.41) is 0. The molecular weight excluding hydrogens is 282 g/mol. The van der Waals surface area contributed by atoms with E-state index in [-0.39, 0.29) is 0 Å². The fourth-order valence-electron chi connectivity index (χ4n) is 2.25. The van der Waals surface area contributed by atoms with Gasteiger partial charge in [0, 0.05) is 17.6 Å². The zero-order chi connectivity index (χ0) is 14.9. The third-order valence-corrected chi connectivity index (χ3v) is 3.59. The average Bonchev–Trinajstić information content (AvgIpc) is 2.53. The van der Waals surface area contributed by atoms with Crippen LogP contribution in [0.1, 0.15) is 36.6 Å².